The minimum Gasteiger partial charge on any atom is -0.347 e. The first-order valence-corrected chi connectivity index (χ1v) is 8.70. The number of carbonyl (C=O) groups is 1. The first kappa shape index (κ1) is 18.5. The number of aromatic nitrogens is 2. The van der Waals surface area contributed by atoms with Crippen molar-refractivity contribution >= 4 is 5.91 Å². The minimum atomic E-state index is -0.320. The van der Waals surface area contributed by atoms with Crippen LogP contribution in [0.25, 0.3) is 5.69 Å². The Morgan fingerprint density at radius 1 is 0.963 bits per heavy atom. The van der Waals surface area contributed by atoms with Crippen molar-refractivity contribution in [2.45, 2.75) is 13.1 Å². The first-order chi connectivity index (χ1) is 13.0. The Morgan fingerprint density at radius 2 is 1.63 bits per heavy atom. The largest absolute Gasteiger partial charge is 0.347 e. The Hall–Kier alpha value is -3.25. The van der Waals surface area contributed by atoms with Crippen LogP contribution in [0.2, 0.25) is 0 Å². The van der Waals surface area contributed by atoms with Gasteiger partial charge in [-0.15, -0.1) is 0 Å². The molecule has 0 aliphatic rings. The normalized spacial score (nSPS) is 10.8. The van der Waals surface area contributed by atoms with Crippen molar-refractivity contribution in [3.63, 3.8) is 0 Å². The molecule has 3 rings (SSSR count). The summed E-state index contributed by atoms with van der Waals surface area (Å²) in [7, 11) is 4.01. The van der Waals surface area contributed by atoms with Crippen LogP contribution < -0.4 is 10.9 Å². The van der Waals surface area contributed by atoms with E-state index >= 15 is 0 Å². The molecule has 0 aliphatic heterocycles. The smallest absolute Gasteiger partial charge is 0.272 e. The summed E-state index contributed by atoms with van der Waals surface area (Å²) in [6, 6.07) is 19.8. The second-order valence-electron chi connectivity index (χ2n) is 6.49. The van der Waals surface area contributed by atoms with Gasteiger partial charge in [0, 0.05) is 19.2 Å². The van der Waals surface area contributed by atoms with E-state index in [0.717, 1.165) is 17.7 Å². The average molecular weight is 362 g/mol. The molecule has 2 aromatic carbocycles. The SMILES string of the molecule is CN(C)Cc1ccccc1CNC(=O)c1ccc(=O)n(-c2ccccc2)n1. The van der Waals surface area contributed by atoms with Gasteiger partial charge in [-0.2, -0.15) is 9.78 Å². The lowest BCUT2D eigenvalue weighted by atomic mass is 10.1. The quantitative estimate of drug-likeness (QED) is 0.730. The Labute approximate surface area is 158 Å². The van der Waals surface area contributed by atoms with E-state index in [1.807, 2.05) is 50.5 Å². The molecule has 1 N–H and O–H groups in total. The number of carbonyl (C=O) groups excluding carboxylic acids is 1. The van der Waals surface area contributed by atoms with Gasteiger partial charge in [0.05, 0.1) is 5.69 Å². The van der Waals surface area contributed by atoms with Crippen molar-refractivity contribution in [1.82, 2.24) is 20.0 Å². The molecule has 0 unspecified atom stereocenters. The zero-order valence-corrected chi connectivity index (χ0v) is 15.4. The van der Waals surface area contributed by atoms with Gasteiger partial charge in [0.15, 0.2) is 0 Å². The van der Waals surface area contributed by atoms with Gasteiger partial charge in [-0.3, -0.25) is 9.59 Å². The molecule has 0 aliphatic carbocycles. The highest BCUT2D eigenvalue weighted by molar-refractivity contribution is 5.92. The molecule has 27 heavy (non-hydrogen) atoms. The zero-order chi connectivity index (χ0) is 19.2. The summed E-state index contributed by atoms with van der Waals surface area (Å²) < 4.78 is 1.23. The van der Waals surface area contributed by atoms with Crippen molar-refractivity contribution in [1.29, 1.82) is 0 Å². The van der Waals surface area contributed by atoms with Crippen molar-refractivity contribution in [3.05, 3.63) is 93.9 Å². The third-order valence-electron chi connectivity index (χ3n) is 4.08. The summed E-state index contributed by atoms with van der Waals surface area (Å²) in [4.78, 5) is 26.7. The lowest BCUT2D eigenvalue weighted by molar-refractivity contribution is 0.0944. The molecule has 6 heteroatoms. The fourth-order valence-corrected chi connectivity index (χ4v) is 2.78. The van der Waals surface area contributed by atoms with E-state index < -0.39 is 0 Å². The molecule has 138 valence electrons. The molecule has 0 bridgehead atoms. The molecular weight excluding hydrogens is 340 g/mol. The maximum absolute atomic E-state index is 12.5. The summed E-state index contributed by atoms with van der Waals surface area (Å²) in [6.45, 7) is 1.19. The van der Waals surface area contributed by atoms with Gasteiger partial charge in [0.1, 0.15) is 5.69 Å². The lowest BCUT2D eigenvalue weighted by Crippen LogP contribution is -2.29. The number of rotatable bonds is 6. The summed E-state index contributed by atoms with van der Waals surface area (Å²) in [6.07, 6.45) is 0. The van der Waals surface area contributed by atoms with E-state index in [4.69, 9.17) is 0 Å². The highest BCUT2D eigenvalue weighted by atomic mass is 16.2. The third-order valence-corrected chi connectivity index (χ3v) is 4.08. The molecule has 0 atom stereocenters. The van der Waals surface area contributed by atoms with Gasteiger partial charge in [-0.05, 0) is 43.4 Å². The van der Waals surface area contributed by atoms with E-state index in [0.29, 0.717) is 12.2 Å². The van der Waals surface area contributed by atoms with Gasteiger partial charge < -0.3 is 10.2 Å². The van der Waals surface area contributed by atoms with Crippen LogP contribution >= 0.6 is 0 Å². The molecule has 6 nitrogen and oxygen atoms in total. The van der Waals surface area contributed by atoms with Crippen LogP contribution in [0.5, 0.6) is 0 Å². The van der Waals surface area contributed by atoms with Gasteiger partial charge in [0.2, 0.25) is 0 Å². The van der Waals surface area contributed by atoms with Crippen LogP contribution in [0.15, 0.2) is 71.5 Å². The van der Waals surface area contributed by atoms with E-state index in [-0.39, 0.29) is 17.2 Å². The second-order valence-corrected chi connectivity index (χ2v) is 6.49. The average Bonchev–Trinajstić information content (AvgIpc) is 2.67. The van der Waals surface area contributed by atoms with E-state index in [1.54, 1.807) is 12.1 Å². The monoisotopic (exact) mass is 362 g/mol. The predicted octanol–water partition coefficient (Wildman–Crippen LogP) is 2.22. The van der Waals surface area contributed by atoms with Gasteiger partial charge in [0.25, 0.3) is 11.5 Å². The number of hydrogen-bond donors (Lipinski definition) is 1. The molecule has 1 aromatic heterocycles. The number of nitrogens with one attached hydrogen (secondary N) is 1. The van der Waals surface area contributed by atoms with Crippen LogP contribution in [-0.4, -0.2) is 34.7 Å². The summed E-state index contributed by atoms with van der Waals surface area (Å²) >= 11 is 0. The van der Waals surface area contributed by atoms with Crippen LogP contribution in [0.4, 0.5) is 0 Å². The highest BCUT2D eigenvalue weighted by Crippen LogP contribution is 2.10. The molecule has 0 saturated heterocycles. The van der Waals surface area contributed by atoms with Crippen molar-refractivity contribution in [2.75, 3.05) is 14.1 Å². The fraction of sp³-hybridized carbons (Fsp3) is 0.190. The molecule has 0 spiro atoms. The van der Waals surface area contributed by atoms with E-state index in [1.165, 1.54) is 16.8 Å². The van der Waals surface area contributed by atoms with Gasteiger partial charge in [-0.1, -0.05) is 42.5 Å². The highest BCUT2D eigenvalue weighted by Gasteiger charge is 2.11. The maximum Gasteiger partial charge on any atom is 0.272 e. The topological polar surface area (TPSA) is 67.2 Å². The van der Waals surface area contributed by atoms with E-state index in [2.05, 4.69) is 21.4 Å². The van der Waals surface area contributed by atoms with Crippen molar-refractivity contribution in [3.8, 4) is 5.69 Å². The second kappa shape index (κ2) is 8.42. The van der Waals surface area contributed by atoms with E-state index in [9.17, 15) is 9.59 Å². The zero-order valence-electron chi connectivity index (χ0n) is 15.4. The number of hydrogen-bond acceptors (Lipinski definition) is 4. The lowest BCUT2D eigenvalue weighted by Gasteiger charge is -2.14. The molecule has 0 saturated carbocycles. The third kappa shape index (κ3) is 4.68. The summed E-state index contributed by atoms with van der Waals surface area (Å²) in [5.74, 6) is -0.320. The van der Waals surface area contributed by atoms with Crippen LogP contribution in [0.3, 0.4) is 0 Å². The van der Waals surface area contributed by atoms with Crippen LogP contribution in [0, 0.1) is 0 Å². The standard InChI is InChI=1S/C21H22N4O2/c1-24(2)15-17-9-7-6-8-16(17)14-22-21(27)19-12-13-20(26)25(23-19)18-10-4-3-5-11-18/h3-13H,14-15H2,1-2H3,(H,22,27). The Morgan fingerprint density at radius 3 is 2.33 bits per heavy atom. The molecule has 0 fully saturated rings. The number of benzene rings is 2. The maximum atomic E-state index is 12.5. The molecule has 1 heterocycles. The molecular formula is C21H22N4O2. The predicted molar refractivity (Wildman–Crippen MR) is 105 cm³/mol. The summed E-state index contributed by atoms with van der Waals surface area (Å²) in [5.41, 5.74) is 2.74. The number of nitrogens with zero attached hydrogens (tertiary/aromatic N) is 3. The Bertz CT molecular complexity index is 981. The van der Waals surface area contributed by atoms with Gasteiger partial charge in [-0.25, -0.2) is 0 Å². The van der Waals surface area contributed by atoms with Crippen LogP contribution in [-0.2, 0) is 13.1 Å². The fourth-order valence-electron chi connectivity index (χ4n) is 2.78. The first-order valence-electron chi connectivity index (χ1n) is 8.70. The van der Waals surface area contributed by atoms with Crippen molar-refractivity contribution < 1.29 is 4.79 Å². The van der Waals surface area contributed by atoms with Crippen LogP contribution in [0.1, 0.15) is 21.6 Å². The Kier molecular flexibility index (Phi) is 5.78. The Balaban J connectivity index is 1.77. The van der Waals surface area contributed by atoms with Crippen molar-refractivity contribution in [2.24, 2.45) is 0 Å². The molecule has 1 amide bonds. The number of para-hydroxylation sites is 1. The van der Waals surface area contributed by atoms with Gasteiger partial charge >= 0.3 is 0 Å². The number of amides is 1. The minimum absolute atomic E-state index is 0.198. The molecule has 3 aromatic rings. The molecule has 0 radical (unpaired) electrons. The summed E-state index contributed by atoms with van der Waals surface area (Å²) in [5, 5.41) is 7.10.